The van der Waals surface area contributed by atoms with Crippen LogP contribution < -0.4 is 11.5 Å². The summed E-state index contributed by atoms with van der Waals surface area (Å²) in [5.41, 5.74) is 15.9. The van der Waals surface area contributed by atoms with E-state index in [0.29, 0.717) is 17.2 Å². The van der Waals surface area contributed by atoms with Crippen molar-refractivity contribution in [1.29, 1.82) is 0 Å². The first-order valence-electron chi connectivity index (χ1n) is 6.80. The number of nitrogen functional groups attached to an aromatic ring is 1. The fraction of sp³-hybridized carbons (Fsp3) is 0.0588. The zero-order valence-corrected chi connectivity index (χ0v) is 11.8. The van der Waals surface area contributed by atoms with E-state index < -0.39 is 5.97 Å². The third-order valence-electron chi connectivity index (χ3n) is 3.54. The number of carbonyl (C=O) groups is 1. The standard InChI is InChI=1S/C17H15N3O2/c18-14-4-2-1-3-13(14)10-5-6-15-11(7-10)8-12(17(21)22)9-16(19)20-15/h1-8H,9,18H2,(H2,19,20)(H,21,22). The van der Waals surface area contributed by atoms with Crippen LogP contribution in [0.4, 0.5) is 11.4 Å². The zero-order valence-electron chi connectivity index (χ0n) is 11.8. The predicted molar refractivity (Wildman–Crippen MR) is 87.8 cm³/mol. The lowest BCUT2D eigenvalue weighted by Crippen LogP contribution is -2.14. The SMILES string of the molecule is NC1=Nc2ccc(-c3ccccc3N)cc2C=C(C(=O)O)C1. The molecule has 0 radical (unpaired) electrons. The van der Waals surface area contributed by atoms with Crippen molar-refractivity contribution in [3.63, 3.8) is 0 Å². The van der Waals surface area contributed by atoms with Gasteiger partial charge in [0, 0.05) is 28.8 Å². The molecule has 0 saturated heterocycles. The Kier molecular flexibility index (Phi) is 3.39. The molecule has 3 rings (SSSR count). The van der Waals surface area contributed by atoms with Crippen LogP contribution in [0.15, 0.2) is 53.0 Å². The van der Waals surface area contributed by atoms with E-state index in [4.69, 9.17) is 11.5 Å². The first kappa shape index (κ1) is 13.9. The van der Waals surface area contributed by atoms with Crippen molar-refractivity contribution in [3.05, 3.63) is 53.6 Å². The van der Waals surface area contributed by atoms with E-state index in [-0.39, 0.29) is 12.0 Å². The number of anilines is 1. The van der Waals surface area contributed by atoms with Gasteiger partial charge in [-0.05, 0) is 29.8 Å². The molecule has 5 nitrogen and oxygen atoms in total. The summed E-state index contributed by atoms with van der Waals surface area (Å²) >= 11 is 0. The van der Waals surface area contributed by atoms with Crippen molar-refractivity contribution < 1.29 is 9.90 Å². The number of para-hydroxylation sites is 1. The van der Waals surface area contributed by atoms with E-state index in [0.717, 1.165) is 16.7 Å². The molecule has 0 fully saturated rings. The van der Waals surface area contributed by atoms with Crippen LogP contribution in [0, 0.1) is 0 Å². The lowest BCUT2D eigenvalue weighted by atomic mass is 9.99. The highest BCUT2D eigenvalue weighted by molar-refractivity contribution is 6.02. The van der Waals surface area contributed by atoms with Crippen molar-refractivity contribution in [1.82, 2.24) is 0 Å². The van der Waals surface area contributed by atoms with E-state index >= 15 is 0 Å². The van der Waals surface area contributed by atoms with Crippen LogP contribution in [0.1, 0.15) is 12.0 Å². The van der Waals surface area contributed by atoms with Gasteiger partial charge in [0.1, 0.15) is 5.84 Å². The summed E-state index contributed by atoms with van der Waals surface area (Å²) in [5, 5.41) is 9.24. The zero-order chi connectivity index (χ0) is 15.7. The fourth-order valence-electron chi connectivity index (χ4n) is 2.46. The van der Waals surface area contributed by atoms with Crippen LogP contribution in [-0.4, -0.2) is 16.9 Å². The largest absolute Gasteiger partial charge is 0.478 e. The van der Waals surface area contributed by atoms with Crippen LogP contribution >= 0.6 is 0 Å². The Labute approximate surface area is 127 Å². The Morgan fingerprint density at radius 2 is 1.91 bits per heavy atom. The molecule has 0 bridgehead atoms. The van der Waals surface area contributed by atoms with E-state index in [9.17, 15) is 9.90 Å². The predicted octanol–water partition coefficient (Wildman–Crippen LogP) is 2.80. The summed E-state index contributed by atoms with van der Waals surface area (Å²) in [6.07, 6.45) is 1.75. The molecule has 1 aliphatic heterocycles. The van der Waals surface area contributed by atoms with Gasteiger partial charge in [0.25, 0.3) is 0 Å². The van der Waals surface area contributed by atoms with E-state index in [2.05, 4.69) is 4.99 Å². The molecule has 5 heteroatoms. The molecule has 110 valence electrons. The van der Waals surface area contributed by atoms with Gasteiger partial charge in [-0.1, -0.05) is 24.3 Å². The highest BCUT2D eigenvalue weighted by atomic mass is 16.4. The van der Waals surface area contributed by atoms with Crippen molar-refractivity contribution in [2.24, 2.45) is 10.7 Å². The number of carboxylic acid groups (broad SMARTS) is 1. The Hall–Kier alpha value is -3.08. The number of amidine groups is 1. The van der Waals surface area contributed by atoms with E-state index in [1.807, 2.05) is 42.5 Å². The number of nitrogens with two attached hydrogens (primary N) is 2. The molecule has 0 saturated carbocycles. The molecule has 0 amide bonds. The van der Waals surface area contributed by atoms with Crippen molar-refractivity contribution in [3.8, 4) is 11.1 Å². The Morgan fingerprint density at radius 3 is 2.64 bits per heavy atom. The summed E-state index contributed by atoms with van der Waals surface area (Å²) in [6, 6.07) is 13.1. The minimum Gasteiger partial charge on any atom is -0.478 e. The summed E-state index contributed by atoms with van der Waals surface area (Å²) in [5.74, 6) is -0.699. The van der Waals surface area contributed by atoms with Gasteiger partial charge in [-0.25, -0.2) is 9.79 Å². The topological polar surface area (TPSA) is 102 Å². The van der Waals surface area contributed by atoms with Gasteiger partial charge in [-0.3, -0.25) is 0 Å². The molecule has 0 atom stereocenters. The Balaban J connectivity index is 2.16. The molecule has 2 aromatic rings. The average molecular weight is 293 g/mol. The molecule has 5 N–H and O–H groups in total. The lowest BCUT2D eigenvalue weighted by Gasteiger charge is -2.08. The number of carboxylic acids is 1. The Bertz CT molecular complexity index is 822. The fourth-order valence-corrected chi connectivity index (χ4v) is 2.46. The van der Waals surface area contributed by atoms with Gasteiger partial charge in [-0.15, -0.1) is 0 Å². The number of nitrogens with zero attached hydrogens (tertiary/aromatic N) is 1. The maximum absolute atomic E-state index is 11.3. The molecule has 2 aromatic carbocycles. The third-order valence-corrected chi connectivity index (χ3v) is 3.54. The van der Waals surface area contributed by atoms with Crippen molar-refractivity contribution in [2.45, 2.75) is 6.42 Å². The number of hydrogen-bond donors (Lipinski definition) is 3. The monoisotopic (exact) mass is 293 g/mol. The highest BCUT2D eigenvalue weighted by Gasteiger charge is 2.15. The normalized spacial score (nSPS) is 13.6. The summed E-state index contributed by atoms with van der Waals surface area (Å²) < 4.78 is 0. The number of fused-ring (bicyclic) bond motifs is 1. The minimum atomic E-state index is -0.990. The van der Waals surface area contributed by atoms with Gasteiger partial charge in [0.15, 0.2) is 0 Å². The highest BCUT2D eigenvalue weighted by Crippen LogP contribution is 2.33. The van der Waals surface area contributed by atoms with Crippen molar-refractivity contribution in [2.75, 3.05) is 5.73 Å². The summed E-state index contributed by atoms with van der Waals surface area (Å²) in [6.45, 7) is 0. The average Bonchev–Trinajstić information content (AvgIpc) is 2.65. The maximum Gasteiger partial charge on any atom is 0.332 e. The van der Waals surface area contributed by atoms with Crippen LogP contribution in [0.25, 0.3) is 17.2 Å². The second-order valence-electron chi connectivity index (χ2n) is 5.12. The molecule has 1 heterocycles. The van der Waals surface area contributed by atoms with Crippen LogP contribution in [0.2, 0.25) is 0 Å². The van der Waals surface area contributed by atoms with E-state index in [1.165, 1.54) is 0 Å². The van der Waals surface area contributed by atoms with Gasteiger partial charge >= 0.3 is 5.97 Å². The van der Waals surface area contributed by atoms with Gasteiger partial charge in [0.2, 0.25) is 0 Å². The second kappa shape index (κ2) is 5.37. The van der Waals surface area contributed by atoms with Crippen LogP contribution in [0.5, 0.6) is 0 Å². The smallest absolute Gasteiger partial charge is 0.332 e. The third kappa shape index (κ3) is 2.56. The molecule has 0 spiro atoms. The minimum absolute atomic E-state index is 0.132. The summed E-state index contributed by atoms with van der Waals surface area (Å²) in [7, 11) is 0. The second-order valence-corrected chi connectivity index (χ2v) is 5.12. The van der Waals surface area contributed by atoms with Crippen LogP contribution in [-0.2, 0) is 4.79 Å². The molecule has 0 aliphatic carbocycles. The molecular weight excluding hydrogens is 278 g/mol. The van der Waals surface area contributed by atoms with E-state index in [1.54, 1.807) is 6.08 Å². The lowest BCUT2D eigenvalue weighted by molar-refractivity contribution is -0.132. The number of aliphatic carboxylic acids is 1. The molecule has 1 aliphatic rings. The number of aliphatic imine (C=N–C) groups is 1. The molecule has 22 heavy (non-hydrogen) atoms. The maximum atomic E-state index is 11.3. The van der Waals surface area contributed by atoms with Gasteiger partial charge < -0.3 is 16.6 Å². The first-order chi connectivity index (χ1) is 10.5. The molecule has 0 aromatic heterocycles. The Morgan fingerprint density at radius 1 is 1.14 bits per heavy atom. The number of benzene rings is 2. The quantitative estimate of drug-likeness (QED) is 0.741. The first-order valence-corrected chi connectivity index (χ1v) is 6.80. The van der Waals surface area contributed by atoms with Crippen molar-refractivity contribution >= 4 is 29.3 Å². The van der Waals surface area contributed by atoms with Crippen LogP contribution in [0.3, 0.4) is 0 Å². The van der Waals surface area contributed by atoms with Gasteiger partial charge in [0.05, 0.1) is 5.69 Å². The molecular formula is C17H15N3O2. The number of rotatable bonds is 2. The van der Waals surface area contributed by atoms with Gasteiger partial charge in [-0.2, -0.15) is 0 Å². The number of hydrogen-bond acceptors (Lipinski definition) is 4. The summed E-state index contributed by atoms with van der Waals surface area (Å²) in [4.78, 5) is 15.5. The molecule has 0 unspecified atom stereocenters.